The first kappa shape index (κ1) is 37.5. The number of aromatic hydroxyl groups is 1. The second kappa shape index (κ2) is 17.5. The molecule has 0 saturated carbocycles. The number of phenolic OH excluding ortho intramolecular Hbond substituents is 1. The average Bonchev–Trinajstić information content (AvgIpc) is 3.67. The van der Waals surface area contributed by atoms with Gasteiger partial charge in [-0.15, -0.1) is 71.8 Å². The number of hydrogen-bond acceptors (Lipinski definition) is 6. The third-order valence-corrected chi connectivity index (χ3v) is 8.94. The van der Waals surface area contributed by atoms with Crippen LogP contribution in [0, 0.1) is 19.1 Å². The Morgan fingerprint density at radius 2 is 1.04 bits per heavy atom. The van der Waals surface area contributed by atoms with Crippen molar-refractivity contribution in [3.8, 4) is 45.3 Å². The van der Waals surface area contributed by atoms with Crippen LogP contribution < -0.4 is 0 Å². The van der Waals surface area contributed by atoms with Gasteiger partial charge in [-0.1, -0.05) is 42.0 Å². The molecule has 7 nitrogen and oxygen atoms in total. The Labute approximate surface area is 338 Å². The van der Waals surface area contributed by atoms with Gasteiger partial charge in [0.05, 0.1) is 22.1 Å². The number of pyridine rings is 4. The zero-order chi connectivity index (χ0) is 37.4. The quantitative estimate of drug-likeness (QED) is 0.140. The van der Waals surface area contributed by atoms with Crippen LogP contribution in [0.3, 0.4) is 0 Å². The number of benzene rings is 5. The molecular weight excluding hydrogens is 869 g/mol. The second-order valence-corrected chi connectivity index (χ2v) is 12.6. The Kier molecular flexibility index (Phi) is 11.7. The van der Waals surface area contributed by atoms with E-state index in [4.69, 9.17) is 4.98 Å². The zero-order valence-electron chi connectivity index (χ0n) is 30.3. The maximum absolute atomic E-state index is 9.80. The molecule has 1 radical (unpaired) electrons. The Morgan fingerprint density at radius 1 is 0.500 bits per heavy atom. The number of aryl methyl sites for hydroxylation is 1. The Balaban J connectivity index is 0.000000157. The van der Waals surface area contributed by atoms with Gasteiger partial charge in [0, 0.05) is 66.9 Å². The first-order valence-electron chi connectivity index (χ1n) is 17.8. The fourth-order valence-electron chi connectivity index (χ4n) is 6.33. The molecule has 273 valence electrons. The summed E-state index contributed by atoms with van der Waals surface area (Å²) in [5, 5.41) is 11.8. The second-order valence-electron chi connectivity index (χ2n) is 12.6. The molecule has 0 atom stereocenters. The molecular formula is C48H34IrN6O-2. The van der Waals surface area contributed by atoms with Crippen molar-refractivity contribution in [2.45, 2.75) is 6.92 Å². The third-order valence-electron chi connectivity index (χ3n) is 8.94. The van der Waals surface area contributed by atoms with Gasteiger partial charge in [0.2, 0.25) is 0 Å². The fourth-order valence-corrected chi connectivity index (χ4v) is 6.33. The SMILES string of the molecule is Cc1ccc(-n2c(-c3ccc(O)cc3)nc3c4cccnc4c4ncccc4c32)cc1.[Ir].[c-]1ccccc1-c1ccccn1.[c-]1ccccc1-c1ccccn1. The van der Waals surface area contributed by atoms with E-state index in [0.717, 1.165) is 72.4 Å². The van der Waals surface area contributed by atoms with E-state index in [2.05, 4.69) is 73.9 Å². The van der Waals surface area contributed by atoms with Crippen LogP contribution in [0.2, 0.25) is 0 Å². The number of phenols is 1. The fraction of sp³-hybridized carbons (Fsp3) is 0.0208. The molecule has 5 aromatic carbocycles. The van der Waals surface area contributed by atoms with Gasteiger partial charge in [-0.2, -0.15) is 0 Å². The van der Waals surface area contributed by atoms with E-state index < -0.39 is 0 Å². The molecule has 10 rings (SSSR count). The number of fused-ring (bicyclic) bond motifs is 6. The summed E-state index contributed by atoms with van der Waals surface area (Å²) in [6.07, 6.45) is 7.17. The van der Waals surface area contributed by atoms with Gasteiger partial charge in [0.1, 0.15) is 11.6 Å². The summed E-state index contributed by atoms with van der Waals surface area (Å²) in [6.45, 7) is 2.08. The van der Waals surface area contributed by atoms with Crippen molar-refractivity contribution >= 4 is 32.8 Å². The average molecular weight is 903 g/mol. The Hall–Kier alpha value is -6.86. The number of imidazole rings is 1. The van der Waals surface area contributed by atoms with Crippen molar-refractivity contribution in [1.29, 1.82) is 0 Å². The molecule has 0 bridgehead atoms. The molecule has 0 unspecified atom stereocenters. The monoisotopic (exact) mass is 903 g/mol. The molecule has 1 N–H and O–H groups in total. The normalized spacial score (nSPS) is 10.5. The minimum atomic E-state index is 0. The van der Waals surface area contributed by atoms with Gasteiger partial charge < -0.3 is 15.1 Å². The zero-order valence-corrected chi connectivity index (χ0v) is 32.7. The maximum atomic E-state index is 9.80. The molecule has 10 aromatic rings. The summed E-state index contributed by atoms with van der Waals surface area (Å²) in [5.74, 6) is 1.03. The van der Waals surface area contributed by atoms with E-state index >= 15 is 0 Å². The molecule has 5 aromatic heterocycles. The minimum absolute atomic E-state index is 0. The third kappa shape index (κ3) is 8.12. The topological polar surface area (TPSA) is 89.6 Å². The molecule has 56 heavy (non-hydrogen) atoms. The predicted molar refractivity (Wildman–Crippen MR) is 221 cm³/mol. The van der Waals surface area contributed by atoms with Crippen LogP contribution in [-0.4, -0.2) is 34.6 Å². The number of hydrogen-bond donors (Lipinski definition) is 1. The van der Waals surface area contributed by atoms with Gasteiger partial charge in [-0.25, -0.2) is 4.98 Å². The van der Waals surface area contributed by atoms with E-state index in [1.165, 1.54) is 5.56 Å². The Morgan fingerprint density at radius 3 is 1.57 bits per heavy atom. The molecule has 0 aliphatic heterocycles. The van der Waals surface area contributed by atoms with Gasteiger partial charge >= 0.3 is 0 Å². The predicted octanol–water partition coefficient (Wildman–Crippen LogP) is 10.9. The van der Waals surface area contributed by atoms with Crippen LogP contribution in [0.15, 0.2) is 183 Å². The Bertz CT molecular complexity index is 2650. The van der Waals surface area contributed by atoms with Crippen molar-refractivity contribution in [3.05, 3.63) is 200 Å². The molecule has 0 saturated heterocycles. The van der Waals surface area contributed by atoms with Gasteiger partial charge in [-0.3, -0.25) is 14.5 Å². The summed E-state index contributed by atoms with van der Waals surface area (Å²) in [5.41, 5.74) is 10.7. The van der Waals surface area contributed by atoms with Crippen molar-refractivity contribution in [2.75, 3.05) is 0 Å². The number of aromatic nitrogens is 6. The van der Waals surface area contributed by atoms with Crippen LogP contribution in [0.5, 0.6) is 5.75 Å². The number of nitrogens with zero attached hydrogens (tertiary/aromatic N) is 6. The molecule has 0 fully saturated rings. The van der Waals surface area contributed by atoms with Gasteiger partial charge in [-0.05, 0) is 91.1 Å². The van der Waals surface area contributed by atoms with Crippen LogP contribution >= 0.6 is 0 Å². The van der Waals surface area contributed by atoms with Crippen molar-refractivity contribution < 1.29 is 25.2 Å². The van der Waals surface area contributed by atoms with E-state index in [0.29, 0.717) is 0 Å². The smallest absolute Gasteiger partial charge is 0.145 e. The molecule has 0 aliphatic carbocycles. The maximum Gasteiger partial charge on any atom is 0.145 e. The van der Waals surface area contributed by atoms with E-state index in [9.17, 15) is 5.11 Å². The van der Waals surface area contributed by atoms with E-state index in [1.807, 2.05) is 115 Å². The van der Waals surface area contributed by atoms with Gasteiger partial charge in [0.15, 0.2) is 0 Å². The van der Waals surface area contributed by atoms with E-state index in [1.54, 1.807) is 36.9 Å². The van der Waals surface area contributed by atoms with Crippen molar-refractivity contribution in [3.63, 3.8) is 0 Å². The molecule has 0 aliphatic rings. The van der Waals surface area contributed by atoms with Crippen molar-refractivity contribution in [2.24, 2.45) is 0 Å². The standard InChI is InChI=1S/C26H18N4O.2C11H8N.Ir/c1-16-6-10-18(11-7-16)30-25-21-5-3-15-28-23(21)22-20(4-2-14-27-22)24(25)29-26(30)17-8-12-19(31)13-9-17;2*1-2-6-10(7-3-1)11-8-4-5-9-12-11;/h2-15,31H,1H3;2*1-6,8-9H;/q;2*-1;. The summed E-state index contributed by atoms with van der Waals surface area (Å²) < 4.78 is 2.18. The summed E-state index contributed by atoms with van der Waals surface area (Å²) >= 11 is 0. The number of rotatable bonds is 4. The summed E-state index contributed by atoms with van der Waals surface area (Å²) in [4.78, 5) is 22.8. The van der Waals surface area contributed by atoms with Crippen LogP contribution in [-0.2, 0) is 20.1 Å². The minimum Gasteiger partial charge on any atom is -0.508 e. The largest absolute Gasteiger partial charge is 0.508 e. The van der Waals surface area contributed by atoms with Crippen molar-refractivity contribution in [1.82, 2.24) is 29.5 Å². The van der Waals surface area contributed by atoms with Crippen LogP contribution in [0.25, 0.3) is 72.4 Å². The molecule has 0 spiro atoms. The van der Waals surface area contributed by atoms with E-state index in [-0.39, 0.29) is 25.9 Å². The molecule has 5 heterocycles. The summed E-state index contributed by atoms with van der Waals surface area (Å²) in [6, 6.07) is 57.2. The van der Waals surface area contributed by atoms with Crippen LogP contribution in [0.1, 0.15) is 5.56 Å². The first-order valence-corrected chi connectivity index (χ1v) is 17.8. The molecule has 0 amide bonds. The van der Waals surface area contributed by atoms with Gasteiger partial charge in [0.25, 0.3) is 0 Å². The first-order chi connectivity index (χ1) is 27.1. The molecule has 8 heteroatoms. The summed E-state index contributed by atoms with van der Waals surface area (Å²) in [7, 11) is 0. The van der Waals surface area contributed by atoms with Crippen LogP contribution in [0.4, 0.5) is 0 Å².